The van der Waals surface area contributed by atoms with Gasteiger partial charge in [-0.15, -0.1) is 0 Å². The Labute approximate surface area is 256 Å². The molecule has 1 heterocycles. The minimum atomic E-state index is -0.865. The molecule has 3 aromatic carbocycles. The average molecular weight is 590 g/mol. The minimum absolute atomic E-state index is 0.0865. The molecule has 43 heavy (non-hydrogen) atoms. The van der Waals surface area contributed by atoms with Crippen LogP contribution < -0.4 is 9.47 Å². The molecular formula is C36H47NO6. The molecule has 0 bridgehead atoms. The van der Waals surface area contributed by atoms with Crippen LogP contribution >= 0.6 is 0 Å². The number of hydrogen-bond acceptors (Lipinski definition) is 6. The number of aliphatic hydroxyl groups excluding tert-OH is 1. The van der Waals surface area contributed by atoms with Gasteiger partial charge in [-0.25, -0.2) is 0 Å². The van der Waals surface area contributed by atoms with Crippen LogP contribution in [0, 0.1) is 0 Å². The standard InChI is InChI=1S/C36H47NO6/c1-4-5-6-10-14-35(39)37-26-32(38)25-31(37)27-42-23-11-24-43-36(28-12-8-7-9-13-28,29-15-19-33(40-2)20-16-29)30-17-21-34(41-3)22-18-30/h7-9,12-13,15-22,31-32,38H,4-6,10-11,14,23-27H2,1-3H3/t31-,32+/m0/s1. The van der Waals surface area contributed by atoms with Crippen molar-refractivity contribution in [2.24, 2.45) is 0 Å². The number of benzene rings is 3. The van der Waals surface area contributed by atoms with E-state index in [9.17, 15) is 9.90 Å². The molecule has 0 aliphatic carbocycles. The molecule has 4 rings (SSSR count). The van der Waals surface area contributed by atoms with Gasteiger partial charge >= 0.3 is 0 Å². The third-order valence-electron chi connectivity index (χ3n) is 8.19. The fourth-order valence-corrected chi connectivity index (χ4v) is 5.88. The Morgan fingerprint density at radius 3 is 2.00 bits per heavy atom. The van der Waals surface area contributed by atoms with Crippen LogP contribution in [0.1, 0.15) is 68.6 Å². The highest BCUT2D eigenvalue weighted by molar-refractivity contribution is 5.77. The second-order valence-electron chi connectivity index (χ2n) is 11.2. The lowest BCUT2D eigenvalue weighted by molar-refractivity contribution is -0.133. The summed E-state index contributed by atoms with van der Waals surface area (Å²) in [4.78, 5) is 14.6. The Morgan fingerprint density at radius 1 is 0.814 bits per heavy atom. The van der Waals surface area contributed by atoms with Crippen LogP contribution in [-0.2, 0) is 19.9 Å². The van der Waals surface area contributed by atoms with Gasteiger partial charge < -0.3 is 29.0 Å². The van der Waals surface area contributed by atoms with Crippen LogP contribution in [0.3, 0.4) is 0 Å². The van der Waals surface area contributed by atoms with E-state index in [1.807, 2.05) is 71.6 Å². The molecule has 0 unspecified atom stereocenters. The van der Waals surface area contributed by atoms with Gasteiger partial charge in [0.2, 0.25) is 5.91 Å². The number of aliphatic hydroxyl groups is 1. The molecule has 1 amide bonds. The van der Waals surface area contributed by atoms with E-state index in [4.69, 9.17) is 18.9 Å². The van der Waals surface area contributed by atoms with E-state index >= 15 is 0 Å². The van der Waals surface area contributed by atoms with Gasteiger partial charge in [-0.1, -0.05) is 80.8 Å². The van der Waals surface area contributed by atoms with E-state index < -0.39 is 11.7 Å². The lowest BCUT2D eigenvalue weighted by atomic mass is 9.80. The molecular weight excluding hydrogens is 542 g/mol. The molecule has 1 aliphatic rings. The van der Waals surface area contributed by atoms with Gasteiger partial charge in [-0.2, -0.15) is 0 Å². The molecule has 3 aromatic rings. The Kier molecular flexibility index (Phi) is 12.4. The fourth-order valence-electron chi connectivity index (χ4n) is 5.88. The van der Waals surface area contributed by atoms with Crippen LogP contribution in [0.25, 0.3) is 0 Å². The summed E-state index contributed by atoms with van der Waals surface area (Å²) < 4.78 is 23.8. The predicted octanol–water partition coefficient (Wildman–Crippen LogP) is 6.35. The van der Waals surface area contributed by atoms with Gasteiger partial charge in [0, 0.05) is 19.6 Å². The maximum Gasteiger partial charge on any atom is 0.222 e. The van der Waals surface area contributed by atoms with Gasteiger partial charge in [0.15, 0.2) is 0 Å². The molecule has 1 N–H and O–H groups in total. The Morgan fingerprint density at radius 2 is 1.42 bits per heavy atom. The SMILES string of the molecule is CCCCCCC(=O)N1C[C@H](O)C[C@H]1COCCCOC(c1ccccc1)(c1ccc(OC)cc1)c1ccc(OC)cc1. The Balaban J connectivity index is 1.44. The summed E-state index contributed by atoms with van der Waals surface area (Å²) in [5.74, 6) is 1.68. The van der Waals surface area contributed by atoms with Gasteiger partial charge in [0.1, 0.15) is 17.1 Å². The topological polar surface area (TPSA) is 77.5 Å². The first-order valence-electron chi connectivity index (χ1n) is 15.6. The van der Waals surface area contributed by atoms with E-state index in [1.165, 1.54) is 0 Å². The van der Waals surface area contributed by atoms with Crippen molar-refractivity contribution < 1.29 is 28.8 Å². The van der Waals surface area contributed by atoms with E-state index in [2.05, 4.69) is 19.1 Å². The molecule has 0 aromatic heterocycles. The molecule has 232 valence electrons. The van der Waals surface area contributed by atoms with Crippen molar-refractivity contribution in [1.29, 1.82) is 0 Å². The van der Waals surface area contributed by atoms with Crippen molar-refractivity contribution in [2.45, 2.75) is 69.6 Å². The van der Waals surface area contributed by atoms with Crippen LogP contribution in [0.5, 0.6) is 11.5 Å². The van der Waals surface area contributed by atoms with Crippen molar-refractivity contribution in [3.63, 3.8) is 0 Å². The maximum absolute atomic E-state index is 12.8. The highest BCUT2D eigenvalue weighted by atomic mass is 16.5. The summed E-state index contributed by atoms with van der Waals surface area (Å²) in [5, 5.41) is 10.3. The molecule has 7 heteroatoms. The lowest BCUT2D eigenvalue weighted by Crippen LogP contribution is -2.38. The molecule has 1 fully saturated rings. The van der Waals surface area contributed by atoms with E-state index in [1.54, 1.807) is 14.2 Å². The molecule has 1 aliphatic heterocycles. The normalized spacial score (nSPS) is 16.8. The maximum atomic E-state index is 12.8. The third-order valence-corrected chi connectivity index (χ3v) is 8.19. The number of amides is 1. The van der Waals surface area contributed by atoms with Crippen LogP contribution in [0.2, 0.25) is 0 Å². The van der Waals surface area contributed by atoms with Gasteiger partial charge in [-0.3, -0.25) is 4.79 Å². The summed E-state index contributed by atoms with van der Waals surface area (Å²) in [6, 6.07) is 26.1. The summed E-state index contributed by atoms with van der Waals surface area (Å²) in [7, 11) is 3.32. The number of unbranched alkanes of at least 4 members (excludes halogenated alkanes) is 3. The van der Waals surface area contributed by atoms with Crippen molar-refractivity contribution in [1.82, 2.24) is 4.90 Å². The number of nitrogens with zero attached hydrogens (tertiary/aromatic N) is 1. The Bertz CT molecular complexity index is 1180. The predicted molar refractivity (Wildman–Crippen MR) is 169 cm³/mol. The van der Waals surface area contributed by atoms with E-state index in [0.717, 1.165) is 53.9 Å². The van der Waals surface area contributed by atoms with Gasteiger partial charge in [0.05, 0.1) is 39.6 Å². The number of carbonyl (C=O) groups excluding carboxylic acids is 1. The summed E-state index contributed by atoms with van der Waals surface area (Å²) in [5.41, 5.74) is 2.12. The monoisotopic (exact) mass is 589 g/mol. The first kappa shape index (κ1) is 32.5. The van der Waals surface area contributed by atoms with Crippen molar-refractivity contribution in [2.75, 3.05) is 40.6 Å². The number of hydrogen-bond donors (Lipinski definition) is 1. The minimum Gasteiger partial charge on any atom is -0.497 e. The van der Waals surface area contributed by atoms with Crippen LogP contribution in [-0.4, -0.2) is 68.6 Å². The van der Waals surface area contributed by atoms with E-state index in [0.29, 0.717) is 45.6 Å². The van der Waals surface area contributed by atoms with Gasteiger partial charge in [-0.05, 0) is 60.2 Å². The molecule has 0 spiro atoms. The summed E-state index contributed by atoms with van der Waals surface area (Å²) >= 11 is 0. The van der Waals surface area contributed by atoms with Crippen molar-refractivity contribution >= 4 is 5.91 Å². The second kappa shape index (κ2) is 16.5. The highest BCUT2D eigenvalue weighted by Crippen LogP contribution is 2.41. The number of ether oxygens (including phenoxy) is 4. The quantitative estimate of drug-likeness (QED) is 0.146. The lowest BCUT2D eigenvalue weighted by Gasteiger charge is -2.36. The van der Waals surface area contributed by atoms with E-state index in [-0.39, 0.29) is 11.9 Å². The molecule has 0 radical (unpaired) electrons. The summed E-state index contributed by atoms with van der Waals surface area (Å²) in [6.07, 6.45) is 5.53. The van der Waals surface area contributed by atoms with Crippen molar-refractivity contribution in [3.05, 3.63) is 95.6 Å². The van der Waals surface area contributed by atoms with Crippen LogP contribution in [0.4, 0.5) is 0 Å². The second-order valence-corrected chi connectivity index (χ2v) is 11.2. The number of β-amino-alcohol motifs (C(OH)–C–C–N with tert-alkyl or cyclic N) is 1. The number of carbonyl (C=O) groups is 1. The van der Waals surface area contributed by atoms with Gasteiger partial charge in [0.25, 0.3) is 0 Å². The third kappa shape index (κ3) is 8.37. The number of likely N-dealkylation sites (tertiary alicyclic amines) is 1. The zero-order valence-electron chi connectivity index (χ0n) is 25.9. The summed E-state index contributed by atoms with van der Waals surface area (Å²) in [6.45, 7) is 3.91. The highest BCUT2D eigenvalue weighted by Gasteiger charge is 2.38. The molecule has 0 saturated carbocycles. The molecule has 7 nitrogen and oxygen atoms in total. The Hall–Kier alpha value is -3.39. The zero-order valence-corrected chi connectivity index (χ0v) is 25.9. The molecule has 2 atom stereocenters. The first-order chi connectivity index (χ1) is 21.0. The zero-order chi connectivity index (χ0) is 30.5. The van der Waals surface area contributed by atoms with Crippen molar-refractivity contribution in [3.8, 4) is 11.5 Å². The number of methoxy groups -OCH3 is 2. The molecule has 1 saturated heterocycles. The largest absolute Gasteiger partial charge is 0.497 e. The average Bonchev–Trinajstić information content (AvgIpc) is 3.43. The smallest absolute Gasteiger partial charge is 0.222 e. The first-order valence-corrected chi connectivity index (χ1v) is 15.6. The number of rotatable bonds is 17. The fraction of sp³-hybridized carbons (Fsp3) is 0.472. The van der Waals surface area contributed by atoms with Crippen LogP contribution in [0.15, 0.2) is 78.9 Å².